The van der Waals surface area contributed by atoms with Gasteiger partial charge >= 0.3 is 6.03 Å². The fourth-order valence-corrected chi connectivity index (χ4v) is 3.85. The first-order valence-electron chi connectivity index (χ1n) is 7.99. The van der Waals surface area contributed by atoms with Crippen molar-refractivity contribution in [2.24, 2.45) is 0 Å². The summed E-state index contributed by atoms with van der Waals surface area (Å²) in [4.78, 5) is 39.0. The summed E-state index contributed by atoms with van der Waals surface area (Å²) < 4.78 is 0. The van der Waals surface area contributed by atoms with E-state index in [-0.39, 0.29) is 0 Å². The van der Waals surface area contributed by atoms with Gasteiger partial charge in [-0.2, -0.15) is 5.01 Å². The Kier molecular flexibility index (Phi) is 4.34. The summed E-state index contributed by atoms with van der Waals surface area (Å²) >= 11 is 1.37. The van der Waals surface area contributed by atoms with Crippen LogP contribution in [-0.2, 0) is 16.8 Å². The highest BCUT2D eigenvalue weighted by molar-refractivity contribution is 7.14. The molecular weight excluding hydrogens is 338 g/mol. The molecule has 1 unspecified atom stereocenters. The first-order valence-corrected chi connectivity index (χ1v) is 8.81. The normalized spacial score (nSPS) is 19.9. The smallest absolute Gasteiger partial charge is 0.318 e. The molecule has 25 heavy (non-hydrogen) atoms. The van der Waals surface area contributed by atoms with E-state index in [0.29, 0.717) is 10.4 Å². The van der Waals surface area contributed by atoms with Gasteiger partial charge in [0.1, 0.15) is 5.54 Å². The number of aryl methyl sites for hydroxylation is 2. The predicted molar refractivity (Wildman–Crippen MR) is 95.1 cm³/mol. The topological polar surface area (TPSA) is 78.5 Å². The second-order valence-corrected chi connectivity index (χ2v) is 7.21. The third kappa shape index (κ3) is 2.91. The lowest BCUT2D eigenvalue weighted by atomic mass is 9.92. The lowest BCUT2D eigenvalue weighted by molar-refractivity contribution is -0.132. The van der Waals surface area contributed by atoms with Gasteiger partial charge in [-0.05, 0) is 37.5 Å². The van der Waals surface area contributed by atoms with Gasteiger partial charge in [0.2, 0.25) is 0 Å². The van der Waals surface area contributed by atoms with Crippen molar-refractivity contribution in [3.05, 3.63) is 57.3 Å². The first kappa shape index (κ1) is 17.2. The SMILES string of the molecule is CCc1sc(C(=O)NN2C(=O)NC(C)(c3ccccc3)C2=O)cc1C. The highest BCUT2D eigenvalue weighted by Crippen LogP contribution is 2.28. The highest BCUT2D eigenvalue weighted by atomic mass is 32.1. The number of carbonyl (C=O) groups is 3. The Labute approximate surface area is 149 Å². The molecule has 2 heterocycles. The molecule has 1 atom stereocenters. The molecular formula is C18H19N3O3S. The average Bonchev–Trinajstić information content (AvgIpc) is 3.09. The van der Waals surface area contributed by atoms with Crippen molar-refractivity contribution in [2.75, 3.05) is 0 Å². The van der Waals surface area contributed by atoms with Gasteiger partial charge in [0.05, 0.1) is 4.88 Å². The minimum absolute atomic E-state index is 0.464. The lowest BCUT2D eigenvalue weighted by Gasteiger charge is -2.21. The molecule has 0 saturated carbocycles. The van der Waals surface area contributed by atoms with Crippen molar-refractivity contribution < 1.29 is 14.4 Å². The molecule has 0 bridgehead atoms. The lowest BCUT2D eigenvalue weighted by Crippen LogP contribution is -2.47. The molecule has 1 aliphatic rings. The maximum atomic E-state index is 12.8. The van der Waals surface area contributed by atoms with Crippen LogP contribution in [-0.4, -0.2) is 22.9 Å². The largest absolute Gasteiger partial charge is 0.344 e. The molecule has 3 rings (SSSR count). The highest BCUT2D eigenvalue weighted by Gasteiger charge is 2.50. The number of thiophene rings is 1. The molecule has 2 N–H and O–H groups in total. The van der Waals surface area contributed by atoms with Crippen molar-refractivity contribution in [1.82, 2.24) is 15.8 Å². The van der Waals surface area contributed by atoms with Crippen LogP contribution in [0.3, 0.4) is 0 Å². The number of hydrogen-bond acceptors (Lipinski definition) is 4. The predicted octanol–water partition coefficient (Wildman–Crippen LogP) is 2.73. The molecule has 7 heteroatoms. The molecule has 1 aromatic carbocycles. The second-order valence-electron chi connectivity index (χ2n) is 6.07. The molecule has 1 saturated heterocycles. The van der Waals surface area contributed by atoms with E-state index in [9.17, 15) is 14.4 Å². The number of carbonyl (C=O) groups excluding carboxylic acids is 3. The van der Waals surface area contributed by atoms with Crippen LogP contribution in [0.2, 0.25) is 0 Å². The van der Waals surface area contributed by atoms with E-state index >= 15 is 0 Å². The maximum Gasteiger partial charge on any atom is 0.344 e. The number of imide groups is 1. The summed E-state index contributed by atoms with van der Waals surface area (Å²) in [6.07, 6.45) is 0.832. The van der Waals surface area contributed by atoms with E-state index in [1.807, 2.05) is 19.9 Å². The van der Waals surface area contributed by atoms with Crippen molar-refractivity contribution in [3.63, 3.8) is 0 Å². The fraction of sp³-hybridized carbons (Fsp3) is 0.278. The Bertz CT molecular complexity index is 847. The van der Waals surface area contributed by atoms with Gasteiger partial charge in [-0.1, -0.05) is 37.3 Å². The van der Waals surface area contributed by atoms with Gasteiger partial charge < -0.3 is 5.32 Å². The maximum absolute atomic E-state index is 12.8. The van der Waals surface area contributed by atoms with E-state index < -0.39 is 23.4 Å². The molecule has 6 nitrogen and oxygen atoms in total. The summed E-state index contributed by atoms with van der Waals surface area (Å²) in [6, 6.07) is 10.1. The minimum atomic E-state index is -1.20. The molecule has 0 aliphatic carbocycles. The van der Waals surface area contributed by atoms with Crippen LogP contribution in [0.4, 0.5) is 4.79 Å². The summed E-state index contributed by atoms with van der Waals surface area (Å²) in [5.74, 6) is -0.977. The number of amides is 4. The fourth-order valence-electron chi connectivity index (χ4n) is 2.85. The third-order valence-corrected chi connectivity index (χ3v) is 5.70. The summed E-state index contributed by atoms with van der Waals surface area (Å²) in [7, 11) is 0. The van der Waals surface area contributed by atoms with Crippen LogP contribution in [0.15, 0.2) is 36.4 Å². The summed E-state index contributed by atoms with van der Waals surface area (Å²) in [5.41, 5.74) is 2.91. The molecule has 130 valence electrons. The van der Waals surface area contributed by atoms with Crippen molar-refractivity contribution in [3.8, 4) is 0 Å². The van der Waals surface area contributed by atoms with Crippen LogP contribution in [0.1, 0.15) is 39.5 Å². The van der Waals surface area contributed by atoms with Crippen LogP contribution in [0.5, 0.6) is 0 Å². The second kappa shape index (κ2) is 6.33. The van der Waals surface area contributed by atoms with Crippen molar-refractivity contribution in [2.45, 2.75) is 32.7 Å². The molecule has 0 radical (unpaired) electrons. The van der Waals surface area contributed by atoms with Gasteiger partial charge in [0.15, 0.2) is 0 Å². The number of nitrogens with zero attached hydrogens (tertiary/aromatic N) is 1. The van der Waals surface area contributed by atoms with Crippen molar-refractivity contribution in [1.29, 1.82) is 0 Å². The molecule has 0 spiro atoms. The Hall–Kier alpha value is -2.67. The zero-order valence-corrected chi connectivity index (χ0v) is 15.1. The Morgan fingerprint density at radius 1 is 1.28 bits per heavy atom. The Morgan fingerprint density at radius 2 is 1.96 bits per heavy atom. The molecule has 2 aromatic rings. The standard InChI is InChI=1S/C18H19N3O3S/c1-4-13-11(2)10-14(25-13)15(22)20-21-16(23)18(3,19-17(21)24)12-8-6-5-7-9-12/h5-10H,4H2,1-3H3,(H,19,24)(H,20,22). The van der Waals surface area contributed by atoms with Gasteiger partial charge in [0.25, 0.3) is 11.8 Å². The van der Waals surface area contributed by atoms with Gasteiger partial charge in [-0.15, -0.1) is 11.3 Å². The Balaban J connectivity index is 1.82. The van der Waals surface area contributed by atoms with E-state index in [1.165, 1.54) is 11.3 Å². The zero-order chi connectivity index (χ0) is 18.2. The van der Waals surface area contributed by atoms with Crippen LogP contribution in [0, 0.1) is 6.92 Å². The van der Waals surface area contributed by atoms with Gasteiger partial charge in [-0.25, -0.2) is 4.79 Å². The van der Waals surface area contributed by atoms with Crippen LogP contribution >= 0.6 is 11.3 Å². The summed E-state index contributed by atoms with van der Waals surface area (Å²) in [6.45, 7) is 5.58. The number of benzene rings is 1. The van der Waals surface area contributed by atoms with E-state index in [4.69, 9.17) is 0 Å². The van der Waals surface area contributed by atoms with E-state index in [2.05, 4.69) is 10.7 Å². The minimum Gasteiger partial charge on any atom is -0.318 e. The number of urea groups is 1. The third-order valence-electron chi connectivity index (χ3n) is 4.32. The van der Waals surface area contributed by atoms with E-state index in [0.717, 1.165) is 21.9 Å². The molecule has 1 aliphatic heterocycles. The van der Waals surface area contributed by atoms with Crippen LogP contribution in [0.25, 0.3) is 0 Å². The number of rotatable bonds is 4. The van der Waals surface area contributed by atoms with Crippen LogP contribution < -0.4 is 10.7 Å². The number of hydrogen-bond donors (Lipinski definition) is 2. The van der Waals surface area contributed by atoms with E-state index in [1.54, 1.807) is 37.3 Å². The Morgan fingerprint density at radius 3 is 2.56 bits per heavy atom. The van der Waals surface area contributed by atoms with Gasteiger partial charge in [0, 0.05) is 4.88 Å². The first-order chi connectivity index (χ1) is 11.9. The quantitative estimate of drug-likeness (QED) is 0.826. The number of hydrazine groups is 1. The van der Waals surface area contributed by atoms with Gasteiger partial charge in [-0.3, -0.25) is 15.0 Å². The monoisotopic (exact) mass is 357 g/mol. The zero-order valence-electron chi connectivity index (χ0n) is 14.3. The average molecular weight is 357 g/mol. The van der Waals surface area contributed by atoms with Crippen molar-refractivity contribution >= 4 is 29.2 Å². The molecule has 4 amide bonds. The summed E-state index contributed by atoms with van der Waals surface area (Å²) in [5, 5.41) is 3.42. The molecule has 1 fully saturated rings. The molecule has 1 aromatic heterocycles. The number of nitrogens with one attached hydrogen (secondary N) is 2.